The largest absolute Gasteiger partial charge is 0.464 e. The summed E-state index contributed by atoms with van der Waals surface area (Å²) in [6, 6.07) is -0.900. The minimum Gasteiger partial charge on any atom is -0.464 e. The Morgan fingerprint density at radius 2 is 2.17 bits per heavy atom. The van der Waals surface area contributed by atoms with Gasteiger partial charge in [0.25, 0.3) is 0 Å². The lowest BCUT2D eigenvalue weighted by atomic mass is 10.2. The van der Waals surface area contributed by atoms with E-state index in [2.05, 4.69) is 5.10 Å². The molecule has 1 atom stereocenters. The van der Waals surface area contributed by atoms with Gasteiger partial charge < -0.3 is 10.5 Å². The number of carbonyl (C=O) groups excluding carboxylic acids is 1. The van der Waals surface area contributed by atoms with Crippen molar-refractivity contribution in [2.45, 2.75) is 32.5 Å². The fourth-order valence-corrected chi connectivity index (χ4v) is 1.49. The molecule has 1 rings (SSSR count). The number of nitrogens with zero attached hydrogens (tertiary/aromatic N) is 2. The summed E-state index contributed by atoms with van der Waals surface area (Å²) in [5.74, 6) is -0.628. The number of ether oxygens (including phenoxy) is 1. The van der Waals surface area contributed by atoms with E-state index in [-0.39, 0.29) is 13.0 Å². The van der Waals surface area contributed by atoms with Gasteiger partial charge in [-0.1, -0.05) is 6.92 Å². The predicted octanol–water partition coefficient (Wildman–Crippen LogP) is 2.00. The number of esters is 1. The summed E-state index contributed by atoms with van der Waals surface area (Å²) in [4.78, 5) is 11.5. The number of aromatic nitrogens is 2. The third-order valence-corrected chi connectivity index (χ3v) is 2.29. The third kappa shape index (κ3) is 2.93. The molecule has 18 heavy (non-hydrogen) atoms. The van der Waals surface area contributed by atoms with Crippen LogP contribution in [0.15, 0.2) is 6.20 Å². The van der Waals surface area contributed by atoms with E-state index in [0.29, 0.717) is 0 Å². The second kappa shape index (κ2) is 5.28. The minimum absolute atomic E-state index is 0.151. The zero-order chi connectivity index (χ0) is 13.9. The summed E-state index contributed by atoms with van der Waals surface area (Å²) in [6.07, 6.45) is -3.38. The molecule has 0 fully saturated rings. The van der Waals surface area contributed by atoms with Crippen molar-refractivity contribution in [3.8, 4) is 0 Å². The topological polar surface area (TPSA) is 70.1 Å². The number of nitrogen functional groups attached to an aromatic ring is 1. The summed E-state index contributed by atoms with van der Waals surface area (Å²) in [6.45, 7) is 3.41. The van der Waals surface area contributed by atoms with Gasteiger partial charge in [0.05, 0.1) is 12.3 Å². The quantitative estimate of drug-likeness (QED) is 0.845. The molecule has 8 heteroatoms. The summed E-state index contributed by atoms with van der Waals surface area (Å²) < 4.78 is 43.2. The molecule has 0 amide bonds. The molecule has 0 saturated heterocycles. The molecule has 102 valence electrons. The van der Waals surface area contributed by atoms with E-state index in [1.165, 1.54) is 0 Å². The van der Waals surface area contributed by atoms with E-state index >= 15 is 0 Å². The maximum Gasteiger partial charge on any atom is 0.437 e. The van der Waals surface area contributed by atoms with Gasteiger partial charge in [-0.2, -0.15) is 18.3 Å². The first-order valence-corrected chi connectivity index (χ1v) is 5.39. The molecule has 0 aromatic carbocycles. The first-order chi connectivity index (χ1) is 8.31. The van der Waals surface area contributed by atoms with E-state index in [1.807, 2.05) is 0 Å². The lowest BCUT2D eigenvalue weighted by molar-refractivity contribution is -0.149. The Morgan fingerprint density at radius 1 is 1.56 bits per heavy atom. The van der Waals surface area contributed by atoms with Crippen molar-refractivity contribution in [3.05, 3.63) is 11.9 Å². The number of hydrogen-bond acceptors (Lipinski definition) is 4. The predicted molar refractivity (Wildman–Crippen MR) is 57.6 cm³/mol. The number of rotatable bonds is 4. The third-order valence-electron chi connectivity index (χ3n) is 2.29. The van der Waals surface area contributed by atoms with E-state index in [1.54, 1.807) is 13.8 Å². The maximum atomic E-state index is 12.5. The molecule has 1 heterocycles. The highest BCUT2D eigenvalue weighted by molar-refractivity contribution is 5.74. The summed E-state index contributed by atoms with van der Waals surface area (Å²) >= 11 is 0. The van der Waals surface area contributed by atoms with Crippen LogP contribution in [0.25, 0.3) is 0 Å². The Balaban J connectivity index is 3.05. The van der Waals surface area contributed by atoms with Gasteiger partial charge in [-0.15, -0.1) is 0 Å². The molecular formula is C10H14F3N3O2. The van der Waals surface area contributed by atoms with Crippen LogP contribution in [0.1, 0.15) is 32.0 Å². The van der Waals surface area contributed by atoms with E-state index in [4.69, 9.17) is 10.5 Å². The Bertz CT molecular complexity index is 428. The molecule has 1 aromatic rings. The number of nitrogens with two attached hydrogens (primary N) is 1. The highest BCUT2D eigenvalue weighted by Gasteiger charge is 2.37. The average molecular weight is 265 g/mol. The van der Waals surface area contributed by atoms with Crippen LogP contribution >= 0.6 is 0 Å². The van der Waals surface area contributed by atoms with Gasteiger partial charge in [0.15, 0.2) is 5.69 Å². The smallest absolute Gasteiger partial charge is 0.437 e. The van der Waals surface area contributed by atoms with Crippen LogP contribution in [0.3, 0.4) is 0 Å². The maximum absolute atomic E-state index is 12.5. The summed E-state index contributed by atoms with van der Waals surface area (Å²) in [5.41, 5.74) is 3.54. The second-order valence-corrected chi connectivity index (χ2v) is 3.59. The fraction of sp³-hybridized carbons (Fsp3) is 0.600. The van der Waals surface area contributed by atoms with Crippen LogP contribution < -0.4 is 5.73 Å². The van der Waals surface area contributed by atoms with Crippen molar-refractivity contribution in [3.63, 3.8) is 0 Å². The normalized spacial score (nSPS) is 13.4. The van der Waals surface area contributed by atoms with Gasteiger partial charge in [0.2, 0.25) is 0 Å². The SMILES string of the molecule is CCOC(=O)C(CC)n1cc(N)c(C(F)(F)F)n1. The van der Waals surface area contributed by atoms with Crippen LogP contribution in [0.4, 0.5) is 18.9 Å². The summed E-state index contributed by atoms with van der Waals surface area (Å²) in [5, 5.41) is 3.32. The Morgan fingerprint density at radius 3 is 2.56 bits per heavy atom. The van der Waals surface area contributed by atoms with E-state index in [0.717, 1.165) is 10.9 Å². The zero-order valence-electron chi connectivity index (χ0n) is 9.99. The average Bonchev–Trinajstić information content (AvgIpc) is 2.61. The number of hydrogen-bond donors (Lipinski definition) is 1. The van der Waals surface area contributed by atoms with Crippen LogP contribution in [-0.4, -0.2) is 22.4 Å². The van der Waals surface area contributed by atoms with Crippen molar-refractivity contribution in [2.24, 2.45) is 0 Å². The number of halogens is 3. The van der Waals surface area contributed by atoms with E-state index in [9.17, 15) is 18.0 Å². The molecule has 1 unspecified atom stereocenters. The number of alkyl halides is 3. The van der Waals surface area contributed by atoms with Crippen LogP contribution in [0.5, 0.6) is 0 Å². The lowest BCUT2D eigenvalue weighted by Gasteiger charge is -2.13. The Labute approximate surface area is 102 Å². The van der Waals surface area contributed by atoms with Gasteiger partial charge in [-0.3, -0.25) is 4.68 Å². The zero-order valence-corrected chi connectivity index (χ0v) is 9.99. The molecule has 0 spiro atoms. The van der Waals surface area contributed by atoms with Gasteiger partial charge >= 0.3 is 12.1 Å². The summed E-state index contributed by atoms with van der Waals surface area (Å²) in [7, 11) is 0. The molecule has 0 radical (unpaired) electrons. The standard InChI is InChI=1S/C10H14F3N3O2/c1-3-7(9(17)18-4-2)16-5-6(14)8(15-16)10(11,12)13/h5,7H,3-4,14H2,1-2H3. The van der Waals surface area contributed by atoms with Crippen molar-refractivity contribution in [1.29, 1.82) is 0 Å². The number of carbonyl (C=O) groups is 1. The minimum atomic E-state index is -4.64. The van der Waals surface area contributed by atoms with Crippen molar-refractivity contribution < 1.29 is 22.7 Å². The van der Waals surface area contributed by atoms with E-state index < -0.39 is 29.6 Å². The fourth-order valence-electron chi connectivity index (χ4n) is 1.49. The molecule has 1 aromatic heterocycles. The second-order valence-electron chi connectivity index (χ2n) is 3.59. The lowest BCUT2D eigenvalue weighted by Crippen LogP contribution is -2.22. The van der Waals surface area contributed by atoms with Crippen molar-refractivity contribution >= 4 is 11.7 Å². The Kier molecular flexibility index (Phi) is 4.20. The first-order valence-electron chi connectivity index (χ1n) is 5.39. The van der Waals surface area contributed by atoms with Crippen molar-refractivity contribution in [1.82, 2.24) is 9.78 Å². The van der Waals surface area contributed by atoms with Crippen LogP contribution in [-0.2, 0) is 15.7 Å². The molecule has 0 aliphatic carbocycles. The number of anilines is 1. The van der Waals surface area contributed by atoms with Gasteiger partial charge in [-0.05, 0) is 13.3 Å². The highest BCUT2D eigenvalue weighted by Crippen LogP contribution is 2.33. The van der Waals surface area contributed by atoms with Gasteiger partial charge in [-0.25, -0.2) is 4.79 Å². The van der Waals surface area contributed by atoms with Crippen LogP contribution in [0, 0.1) is 0 Å². The molecule has 0 aliphatic rings. The molecule has 0 bridgehead atoms. The molecule has 5 nitrogen and oxygen atoms in total. The molecule has 2 N–H and O–H groups in total. The van der Waals surface area contributed by atoms with Gasteiger partial charge in [0, 0.05) is 6.20 Å². The first kappa shape index (κ1) is 14.3. The highest BCUT2D eigenvalue weighted by atomic mass is 19.4. The van der Waals surface area contributed by atoms with Gasteiger partial charge in [0.1, 0.15) is 6.04 Å². The van der Waals surface area contributed by atoms with Crippen molar-refractivity contribution in [2.75, 3.05) is 12.3 Å². The molecule has 0 saturated carbocycles. The Hall–Kier alpha value is -1.73. The van der Waals surface area contributed by atoms with Crippen LogP contribution in [0.2, 0.25) is 0 Å². The monoisotopic (exact) mass is 265 g/mol. The molecular weight excluding hydrogens is 251 g/mol. The molecule has 0 aliphatic heterocycles.